The lowest BCUT2D eigenvalue weighted by Crippen LogP contribution is -2.21. The summed E-state index contributed by atoms with van der Waals surface area (Å²) in [6.45, 7) is 5.58. The maximum atomic E-state index is 3.62. The summed E-state index contributed by atoms with van der Waals surface area (Å²) in [6, 6.07) is 4.94. The van der Waals surface area contributed by atoms with Crippen LogP contribution < -0.4 is 5.32 Å². The fourth-order valence-corrected chi connectivity index (χ4v) is 3.12. The summed E-state index contributed by atoms with van der Waals surface area (Å²) in [5, 5.41) is 3.62. The number of nitrogens with one attached hydrogen (secondary N) is 1. The molecule has 0 amide bonds. The van der Waals surface area contributed by atoms with Gasteiger partial charge in [-0.2, -0.15) is 0 Å². The van der Waals surface area contributed by atoms with Crippen molar-refractivity contribution in [3.63, 3.8) is 0 Å². The van der Waals surface area contributed by atoms with Gasteiger partial charge >= 0.3 is 0 Å². The first-order valence-corrected chi connectivity index (χ1v) is 7.37. The van der Waals surface area contributed by atoms with Crippen molar-refractivity contribution in [2.45, 2.75) is 45.6 Å². The van der Waals surface area contributed by atoms with Crippen LogP contribution in [0.4, 0.5) is 0 Å². The minimum Gasteiger partial charge on any atom is -0.309 e. The van der Waals surface area contributed by atoms with E-state index in [2.05, 4.69) is 47.2 Å². The zero-order valence-electron chi connectivity index (χ0n) is 9.55. The van der Waals surface area contributed by atoms with E-state index in [9.17, 15) is 0 Å². The SMILES string of the molecule is CCCCC(NCCC)c1ccc(Br)s1. The van der Waals surface area contributed by atoms with Crippen LogP contribution in [-0.2, 0) is 0 Å². The minimum absolute atomic E-state index is 0.557. The Kier molecular flexibility index (Phi) is 6.53. The number of thiophene rings is 1. The molecular formula is C12H20BrNS. The average molecular weight is 290 g/mol. The van der Waals surface area contributed by atoms with Crippen molar-refractivity contribution in [1.82, 2.24) is 5.32 Å². The van der Waals surface area contributed by atoms with Gasteiger partial charge in [0.25, 0.3) is 0 Å². The van der Waals surface area contributed by atoms with Crippen molar-refractivity contribution in [1.29, 1.82) is 0 Å². The van der Waals surface area contributed by atoms with Crippen LogP contribution in [0.5, 0.6) is 0 Å². The van der Waals surface area contributed by atoms with E-state index in [1.807, 2.05) is 11.3 Å². The van der Waals surface area contributed by atoms with E-state index < -0.39 is 0 Å². The topological polar surface area (TPSA) is 12.0 Å². The molecule has 0 aromatic carbocycles. The van der Waals surface area contributed by atoms with E-state index in [0.717, 1.165) is 6.54 Å². The average Bonchev–Trinajstić information content (AvgIpc) is 2.65. The molecule has 15 heavy (non-hydrogen) atoms. The molecule has 0 aliphatic carbocycles. The fraction of sp³-hybridized carbons (Fsp3) is 0.667. The summed E-state index contributed by atoms with van der Waals surface area (Å²) < 4.78 is 1.23. The Morgan fingerprint density at radius 1 is 1.33 bits per heavy atom. The minimum atomic E-state index is 0.557. The number of hydrogen-bond donors (Lipinski definition) is 1. The van der Waals surface area contributed by atoms with Crippen molar-refractivity contribution < 1.29 is 0 Å². The van der Waals surface area contributed by atoms with Crippen molar-refractivity contribution in [2.24, 2.45) is 0 Å². The molecule has 1 unspecified atom stereocenters. The van der Waals surface area contributed by atoms with Gasteiger partial charge in [-0.1, -0.05) is 26.7 Å². The summed E-state index contributed by atoms with van der Waals surface area (Å²) in [4.78, 5) is 1.46. The van der Waals surface area contributed by atoms with Crippen molar-refractivity contribution in [3.05, 3.63) is 20.8 Å². The Morgan fingerprint density at radius 2 is 2.13 bits per heavy atom. The zero-order valence-corrected chi connectivity index (χ0v) is 12.0. The standard InChI is InChI=1S/C12H20BrNS/c1-3-5-6-10(14-9-4-2)11-7-8-12(13)15-11/h7-8,10,14H,3-6,9H2,1-2H3. The van der Waals surface area contributed by atoms with Gasteiger partial charge in [0, 0.05) is 10.9 Å². The van der Waals surface area contributed by atoms with Gasteiger partial charge in [0.2, 0.25) is 0 Å². The third-order valence-electron chi connectivity index (χ3n) is 2.42. The van der Waals surface area contributed by atoms with Gasteiger partial charge in [0.1, 0.15) is 0 Å². The Hall–Kier alpha value is 0.140. The van der Waals surface area contributed by atoms with Crippen LogP contribution in [0.3, 0.4) is 0 Å². The normalized spacial score (nSPS) is 13.0. The first-order valence-electron chi connectivity index (χ1n) is 5.76. The fourth-order valence-electron chi connectivity index (χ4n) is 1.59. The van der Waals surface area contributed by atoms with Crippen molar-refractivity contribution in [3.8, 4) is 0 Å². The zero-order chi connectivity index (χ0) is 11.1. The van der Waals surface area contributed by atoms with Gasteiger partial charge in [-0.25, -0.2) is 0 Å². The first-order chi connectivity index (χ1) is 7.27. The van der Waals surface area contributed by atoms with E-state index in [0.29, 0.717) is 6.04 Å². The number of unbranched alkanes of at least 4 members (excludes halogenated alkanes) is 1. The third kappa shape index (κ3) is 4.66. The monoisotopic (exact) mass is 289 g/mol. The maximum Gasteiger partial charge on any atom is 0.0701 e. The highest BCUT2D eigenvalue weighted by molar-refractivity contribution is 9.11. The maximum absolute atomic E-state index is 3.62. The molecule has 0 saturated carbocycles. The molecule has 0 spiro atoms. The molecule has 1 atom stereocenters. The molecule has 0 saturated heterocycles. The largest absolute Gasteiger partial charge is 0.309 e. The van der Waals surface area contributed by atoms with Gasteiger partial charge in [-0.15, -0.1) is 11.3 Å². The molecule has 0 radical (unpaired) electrons. The second-order valence-electron chi connectivity index (χ2n) is 3.79. The Bertz CT molecular complexity index is 264. The molecule has 1 N–H and O–H groups in total. The lowest BCUT2D eigenvalue weighted by molar-refractivity contribution is 0.487. The van der Waals surface area contributed by atoms with Crippen LogP contribution in [0.15, 0.2) is 15.9 Å². The molecular weight excluding hydrogens is 270 g/mol. The van der Waals surface area contributed by atoms with E-state index in [1.165, 1.54) is 34.3 Å². The van der Waals surface area contributed by atoms with E-state index in [-0.39, 0.29) is 0 Å². The second-order valence-corrected chi connectivity index (χ2v) is 6.29. The Morgan fingerprint density at radius 3 is 2.67 bits per heavy atom. The van der Waals surface area contributed by atoms with Crippen molar-refractivity contribution in [2.75, 3.05) is 6.54 Å². The summed E-state index contributed by atoms with van der Waals surface area (Å²) in [5.41, 5.74) is 0. The molecule has 1 nitrogen and oxygen atoms in total. The summed E-state index contributed by atoms with van der Waals surface area (Å²) in [6.07, 6.45) is 5.03. The molecule has 0 fully saturated rings. The van der Waals surface area contributed by atoms with Gasteiger partial charge in [-0.3, -0.25) is 0 Å². The predicted molar refractivity (Wildman–Crippen MR) is 72.6 cm³/mol. The molecule has 0 bridgehead atoms. The van der Waals surface area contributed by atoms with Crippen LogP contribution in [0.25, 0.3) is 0 Å². The molecule has 86 valence electrons. The number of hydrogen-bond acceptors (Lipinski definition) is 2. The summed E-state index contributed by atoms with van der Waals surface area (Å²) in [5.74, 6) is 0. The van der Waals surface area contributed by atoms with Gasteiger partial charge in [-0.05, 0) is 47.4 Å². The lowest BCUT2D eigenvalue weighted by Gasteiger charge is -2.16. The van der Waals surface area contributed by atoms with Crippen molar-refractivity contribution >= 4 is 27.3 Å². The Balaban J connectivity index is 2.54. The molecule has 3 heteroatoms. The molecule has 1 heterocycles. The molecule has 0 aliphatic rings. The summed E-state index contributed by atoms with van der Waals surface area (Å²) in [7, 11) is 0. The van der Waals surface area contributed by atoms with E-state index in [1.54, 1.807) is 0 Å². The van der Waals surface area contributed by atoms with Gasteiger partial charge in [0.05, 0.1) is 3.79 Å². The quantitative estimate of drug-likeness (QED) is 0.764. The Labute approximate surface area is 105 Å². The predicted octanol–water partition coefficient (Wildman–Crippen LogP) is 4.74. The molecule has 0 aliphatic heterocycles. The van der Waals surface area contributed by atoms with Crippen LogP contribution in [0, 0.1) is 0 Å². The third-order valence-corrected chi connectivity index (χ3v) is 4.16. The van der Waals surface area contributed by atoms with E-state index >= 15 is 0 Å². The van der Waals surface area contributed by atoms with Crippen LogP contribution in [0.1, 0.15) is 50.4 Å². The highest BCUT2D eigenvalue weighted by atomic mass is 79.9. The molecule has 1 rings (SSSR count). The van der Waals surface area contributed by atoms with Gasteiger partial charge in [0.15, 0.2) is 0 Å². The highest BCUT2D eigenvalue weighted by Crippen LogP contribution is 2.29. The van der Waals surface area contributed by atoms with E-state index in [4.69, 9.17) is 0 Å². The molecule has 1 aromatic heterocycles. The van der Waals surface area contributed by atoms with Gasteiger partial charge < -0.3 is 5.32 Å². The second kappa shape index (κ2) is 7.42. The summed E-state index contributed by atoms with van der Waals surface area (Å²) >= 11 is 5.38. The smallest absolute Gasteiger partial charge is 0.0701 e. The molecule has 1 aromatic rings. The first kappa shape index (κ1) is 13.2. The van der Waals surface area contributed by atoms with Crippen LogP contribution in [0.2, 0.25) is 0 Å². The highest BCUT2D eigenvalue weighted by Gasteiger charge is 2.11. The number of rotatable bonds is 7. The van der Waals surface area contributed by atoms with Crippen LogP contribution >= 0.6 is 27.3 Å². The lowest BCUT2D eigenvalue weighted by atomic mass is 10.1. The van der Waals surface area contributed by atoms with Crippen LogP contribution in [-0.4, -0.2) is 6.54 Å². The number of halogens is 1.